The van der Waals surface area contributed by atoms with Crippen molar-refractivity contribution in [3.63, 3.8) is 0 Å². The number of rotatable bonds is 7. The second-order valence-corrected chi connectivity index (χ2v) is 17.1. The van der Waals surface area contributed by atoms with Gasteiger partial charge in [-0.3, -0.25) is 19.1 Å². The Morgan fingerprint density at radius 1 is 1.08 bits per heavy atom. The Bertz CT molecular complexity index is 1790. The van der Waals surface area contributed by atoms with Gasteiger partial charge in [0.1, 0.15) is 29.3 Å². The van der Waals surface area contributed by atoms with Gasteiger partial charge in [-0.2, -0.15) is 0 Å². The number of aliphatic hydroxyl groups excluding tert-OH is 1. The summed E-state index contributed by atoms with van der Waals surface area (Å²) in [5.41, 5.74) is -1.73. The number of hydrogen-bond donors (Lipinski definition) is 4. The van der Waals surface area contributed by atoms with Crippen LogP contribution in [0.3, 0.4) is 0 Å². The largest absolute Gasteiger partial charge is 0.472 e. The maximum absolute atomic E-state index is 14.4. The average molecular weight is 742 g/mol. The highest BCUT2D eigenvalue weighted by Gasteiger charge is 2.47. The first kappa shape index (κ1) is 39.0. The fourth-order valence-corrected chi connectivity index (χ4v) is 7.93. The van der Waals surface area contributed by atoms with Crippen molar-refractivity contribution in [2.24, 2.45) is 0 Å². The van der Waals surface area contributed by atoms with Crippen LogP contribution in [-0.4, -0.2) is 88.3 Å². The Morgan fingerprint density at radius 2 is 1.83 bits per heavy atom. The lowest BCUT2D eigenvalue weighted by Crippen LogP contribution is -2.62. The second kappa shape index (κ2) is 16.2. The Labute approximate surface area is 305 Å². The minimum atomic E-state index is -3.91. The molecule has 4 atom stereocenters. The number of hydrogen-bond acceptors (Lipinski definition) is 10. The minimum absolute atomic E-state index is 0.0293. The van der Waals surface area contributed by atoms with Crippen molar-refractivity contribution in [3.05, 3.63) is 48.2 Å². The Balaban J connectivity index is 1.47. The molecule has 4 N–H and O–H groups in total. The molecule has 3 heterocycles. The number of carbonyl (C=O) groups is 4. The number of benzene rings is 1. The van der Waals surface area contributed by atoms with Gasteiger partial charge in [0.15, 0.2) is 0 Å². The molecule has 1 aromatic carbocycles. The van der Waals surface area contributed by atoms with Gasteiger partial charge in [-0.1, -0.05) is 31.1 Å². The minimum Gasteiger partial charge on any atom is -0.472 e. The van der Waals surface area contributed by atoms with Crippen LogP contribution in [0.5, 0.6) is 5.88 Å². The second-order valence-electron chi connectivity index (χ2n) is 15.2. The van der Waals surface area contributed by atoms with Crippen LogP contribution < -0.4 is 20.1 Å². The van der Waals surface area contributed by atoms with Gasteiger partial charge in [0, 0.05) is 18.0 Å². The lowest BCUT2D eigenvalue weighted by Gasteiger charge is -2.33. The van der Waals surface area contributed by atoms with Gasteiger partial charge in [-0.05, 0) is 102 Å². The SMILES string of the molecule is CC(C)(C)OC(=O)N[C@H]1CCCCC/C=C\CC[C@@](C)(C(=O)NS(=O)(=O)C2CC2)NC(=O)[C@@H]2C[C@@H](Oc3nccc4cc(CO)ccc34)CN2C1=O. The molecule has 5 rings (SSSR count). The zero-order chi connectivity index (χ0) is 37.7. The maximum atomic E-state index is 14.4. The number of nitrogens with zero attached hydrogens (tertiary/aromatic N) is 2. The molecule has 2 aliphatic heterocycles. The third-order valence-electron chi connectivity index (χ3n) is 9.53. The number of aliphatic hydroxyl groups is 1. The molecule has 284 valence electrons. The van der Waals surface area contributed by atoms with E-state index in [1.807, 2.05) is 18.2 Å². The van der Waals surface area contributed by atoms with Gasteiger partial charge in [-0.25, -0.2) is 18.2 Å². The molecule has 1 saturated carbocycles. The number of carbonyl (C=O) groups excluding carboxylic acids is 4. The summed E-state index contributed by atoms with van der Waals surface area (Å²) in [6.45, 7) is 6.49. The van der Waals surface area contributed by atoms with Crippen molar-refractivity contribution >= 4 is 44.6 Å². The lowest BCUT2D eigenvalue weighted by molar-refractivity contribution is -0.142. The summed E-state index contributed by atoms with van der Waals surface area (Å²) < 4.78 is 39.6. The summed E-state index contributed by atoms with van der Waals surface area (Å²) >= 11 is 0. The van der Waals surface area contributed by atoms with Gasteiger partial charge < -0.3 is 30.1 Å². The van der Waals surface area contributed by atoms with Crippen LogP contribution >= 0.6 is 0 Å². The van der Waals surface area contributed by atoms with Crippen LogP contribution in [0, 0.1) is 0 Å². The van der Waals surface area contributed by atoms with E-state index in [9.17, 15) is 32.7 Å². The average Bonchev–Trinajstić information content (AvgIpc) is 3.86. The molecule has 2 aromatic rings. The Morgan fingerprint density at radius 3 is 2.54 bits per heavy atom. The van der Waals surface area contributed by atoms with E-state index in [0.29, 0.717) is 43.1 Å². The van der Waals surface area contributed by atoms with Crippen molar-refractivity contribution < 1.29 is 42.2 Å². The van der Waals surface area contributed by atoms with E-state index in [-0.39, 0.29) is 31.9 Å². The predicted molar refractivity (Wildman–Crippen MR) is 193 cm³/mol. The number of pyridine rings is 1. The Kier molecular flexibility index (Phi) is 12.1. The molecule has 0 unspecified atom stereocenters. The molecule has 14 nitrogen and oxygen atoms in total. The van der Waals surface area contributed by atoms with Gasteiger partial charge >= 0.3 is 6.09 Å². The molecule has 1 aliphatic carbocycles. The predicted octanol–water partition coefficient (Wildman–Crippen LogP) is 3.75. The third kappa shape index (κ3) is 10.00. The highest BCUT2D eigenvalue weighted by molar-refractivity contribution is 7.91. The van der Waals surface area contributed by atoms with E-state index < -0.39 is 68.4 Å². The fourth-order valence-electron chi connectivity index (χ4n) is 6.52. The van der Waals surface area contributed by atoms with Crippen molar-refractivity contribution in [1.29, 1.82) is 0 Å². The fraction of sp³-hybridized carbons (Fsp3) is 0.595. The molecule has 15 heteroatoms. The van der Waals surface area contributed by atoms with Crippen LogP contribution in [0.2, 0.25) is 0 Å². The summed E-state index contributed by atoms with van der Waals surface area (Å²) in [5, 5.41) is 16.0. The summed E-state index contributed by atoms with van der Waals surface area (Å²) in [6.07, 6.45) is 8.76. The Hall–Kier alpha value is -4.24. The molecule has 0 bridgehead atoms. The molecule has 4 amide bonds. The van der Waals surface area contributed by atoms with E-state index in [1.165, 1.54) is 11.8 Å². The van der Waals surface area contributed by atoms with E-state index >= 15 is 0 Å². The number of ether oxygens (including phenoxy) is 2. The molecular formula is C37H51N5O9S. The monoisotopic (exact) mass is 741 g/mol. The van der Waals surface area contributed by atoms with Crippen LogP contribution in [0.1, 0.15) is 97.5 Å². The zero-order valence-corrected chi connectivity index (χ0v) is 31.2. The number of aromatic nitrogens is 1. The quantitative estimate of drug-likeness (QED) is 0.304. The molecule has 0 spiro atoms. The number of sulfonamides is 1. The normalized spacial score (nSPS) is 25.9. The zero-order valence-electron chi connectivity index (χ0n) is 30.4. The summed E-state index contributed by atoms with van der Waals surface area (Å²) in [6, 6.07) is 5.00. The van der Waals surface area contributed by atoms with Gasteiger partial charge in [0.25, 0.3) is 5.91 Å². The maximum Gasteiger partial charge on any atom is 0.408 e. The van der Waals surface area contributed by atoms with E-state index in [4.69, 9.17) is 9.47 Å². The summed E-state index contributed by atoms with van der Waals surface area (Å²) in [5.74, 6) is -1.74. The van der Waals surface area contributed by atoms with Crippen LogP contribution in [-0.2, 0) is 35.8 Å². The van der Waals surface area contributed by atoms with Crippen molar-refractivity contribution in [1.82, 2.24) is 25.2 Å². The van der Waals surface area contributed by atoms with Gasteiger partial charge in [0.2, 0.25) is 27.7 Å². The summed E-state index contributed by atoms with van der Waals surface area (Å²) in [7, 11) is -3.91. The first-order valence-electron chi connectivity index (χ1n) is 18.1. The number of fused-ring (bicyclic) bond motifs is 2. The smallest absolute Gasteiger partial charge is 0.408 e. The van der Waals surface area contributed by atoms with E-state index in [2.05, 4.69) is 20.3 Å². The van der Waals surface area contributed by atoms with Gasteiger partial charge in [-0.15, -0.1) is 0 Å². The van der Waals surface area contributed by atoms with Crippen molar-refractivity contribution in [2.75, 3.05) is 6.54 Å². The molecular weight excluding hydrogens is 690 g/mol. The highest BCUT2D eigenvalue weighted by Crippen LogP contribution is 2.31. The lowest BCUT2D eigenvalue weighted by atomic mass is 9.93. The number of allylic oxidation sites excluding steroid dienone is 2. The molecule has 1 saturated heterocycles. The van der Waals surface area contributed by atoms with Crippen LogP contribution in [0.15, 0.2) is 42.6 Å². The third-order valence-corrected chi connectivity index (χ3v) is 11.3. The first-order chi connectivity index (χ1) is 24.6. The molecule has 2 fully saturated rings. The van der Waals surface area contributed by atoms with Crippen molar-refractivity contribution in [2.45, 2.75) is 133 Å². The molecule has 1 aromatic heterocycles. The van der Waals surface area contributed by atoms with Gasteiger partial charge in [0.05, 0.1) is 18.4 Å². The van der Waals surface area contributed by atoms with E-state index in [1.54, 1.807) is 45.2 Å². The molecule has 52 heavy (non-hydrogen) atoms. The van der Waals surface area contributed by atoms with Crippen LogP contribution in [0.4, 0.5) is 4.79 Å². The van der Waals surface area contributed by atoms with Crippen molar-refractivity contribution in [3.8, 4) is 5.88 Å². The summed E-state index contributed by atoms with van der Waals surface area (Å²) in [4.78, 5) is 61.1. The number of alkyl carbamates (subject to hydrolysis) is 1. The highest BCUT2D eigenvalue weighted by atomic mass is 32.2. The van der Waals surface area contributed by atoms with E-state index in [0.717, 1.165) is 24.6 Å². The standard InChI is InChI=1S/C37H51N5O9S/c1-36(2,3)51-35(47)39-29-12-10-8-6-5-7-9-11-18-37(4,34(46)41-52(48,49)27-14-15-27)40-31(44)30-21-26(22-42(30)33(29)45)50-32-28-16-13-24(23-43)20-25(28)17-19-38-32/h7,9,13,16-17,19-20,26-27,29-30,43H,5-6,8,10-12,14-15,18,21-23H2,1-4H3,(H,39,47)(H,40,44)(H,41,46)/b9-7-/t26-,29+,30+,37+/m1/s1. The number of amides is 4. The van der Waals surface area contributed by atoms with Crippen LogP contribution in [0.25, 0.3) is 10.8 Å². The molecule has 0 radical (unpaired) electrons. The molecule has 3 aliphatic rings. The number of nitrogens with one attached hydrogen (secondary N) is 3. The first-order valence-corrected chi connectivity index (χ1v) is 19.6. The topological polar surface area (TPSA) is 193 Å².